The molecule has 0 saturated carbocycles. The minimum absolute atomic E-state index is 0.0223. The van der Waals surface area contributed by atoms with E-state index < -0.39 is 23.7 Å². The Morgan fingerprint density at radius 1 is 1.39 bits per heavy atom. The molecule has 0 spiro atoms. The van der Waals surface area contributed by atoms with Gasteiger partial charge in [-0.2, -0.15) is 0 Å². The van der Waals surface area contributed by atoms with E-state index in [0.29, 0.717) is 5.69 Å². The molecule has 0 radical (unpaired) electrons. The van der Waals surface area contributed by atoms with Crippen LogP contribution >= 0.6 is 0 Å². The Morgan fingerprint density at radius 2 is 2.09 bits per heavy atom. The average Bonchev–Trinajstić information content (AvgIpc) is 2.83. The van der Waals surface area contributed by atoms with E-state index in [1.165, 1.54) is 19.2 Å². The molecule has 0 fully saturated rings. The fraction of sp³-hybridized carbons (Fsp3) is 0.267. The maximum absolute atomic E-state index is 13.7. The minimum Gasteiger partial charge on any atom is -0.494 e. The van der Waals surface area contributed by atoms with Crippen LogP contribution < -0.4 is 10.1 Å². The van der Waals surface area contributed by atoms with E-state index in [-0.39, 0.29) is 23.0 Å². The minimum atomic E-state index is -1.44. The van der Waals surface area contributed by atoms with Gasteiger partial charge in [0.05, 0.1) is 12.8 Å². The lowest BCUT2D eigenvalue weighted by Gasteiger charge is -2.15. The number of carboxylic acid groups (broad SMARTS) is 1. The predicted molar refractivity (Wildman–Crippen MR) is 76.8 cm³/mol. The zero-order valence-electron chi connectivity index (χ0n) is 12.7. The summed E-state index contributed by atoms with van der Waals surface area (Å²) in [6, 6.07) is 2.21. The maximum Gasteiger partial charge on any atom is 0.330 e. The Balaban J connectivity index is 2.29. The number of aromatic nitrogens is 1. The van der Waals surface area contributed by atoms with Crippen molar-refractivity contribution >= 4 is 11.9 Å². The van der Waals surface area contributed by atoms with Crippen molar-refractivity contribution in [2.75, 3.05) is 7.11 Å². The summed E-state index contributed by atoms with van der Waals surface area (Å²) in [7, 11) is 1.30. The Kier molecular flexibility index (Phi) is 4.63. The molecule has 122 valence electrons. The van der Waals surface area contributed by atoms with Gasteiger partial charge in [0.25, 0.3) is 5.91 Å². The number of aryl methyl sites for hydroxylation is 2. The molecule has 0 aliphatic rings. The molecule has 0 aliphatic heterocycles. The van der Waals surface area contributed by atoms with E-state index in [9.17, 15) is 19.1 Å². The van der Waals surface area contributed by atoms with Crippen molar-refractivity contribution in [3.8, 4) is 5.75 Å². The largest absolute Gasteiger partial charge is 0.494 e. The number of carbonyl (C=O) groups excluding carboxylic acids is 1. The van der Waals surface area contributed by atoms with Crippen LogP contribution in [0.3, 0.4) is 0 Å². The van der Waals surface area contributed by atoms with Crippen LogP contribution in [0.4, 0.5) is 4.39 Å². The normalized spacial score (nSPS) is 11.8. The van der Waals surface area contributed by atoms with Gasteiger partial charge >= 0.3 is 5.97 Å². The molecule has 2 N–H and O–H groups in total. The number of carboxylic acids is 1. The Hall–Kier alpha value is -2.90. The van der Waals surface area contributed by atoms with Gasteiger partial charge in [0.15, 0.2) is 23.5 Å². The lowest BCUT2D eigenvalue weighted by molar-refractivity contribution is -0.139. The SMILES string of the molecule is COc1ccc(C(NC(=O)c2oc(C)nc2C)C(=O)O)cc1F. The number of nitrogens with zero attached hydrogens (tertiary/aromatic N) is 1. The van der Waals surface area contributed by atoms with Crippen LogP contribution in [0.2, 0.25) is 0 Å². The molecule has 1 amide bonds. The number of benzene rings is 1. The Labute approximate surface area is 131 Å². The van der Waals surface area contributed by atoms with Crippen LogP contribution in [0.5, 0.6) is 5.75 Å². The lowest BCUT2D eigenvalue weighted by atomic mass is 10.1. The first-order valence-corrected chi connectivity index (χ1v) is 6.64. The first-order chi connectivity index (χ1) is 10.8. The highest BCUT2D eigenvalue weighted by atomic mass is 19.1. The summed E-state index contributed by atoms with van der Waals surface area (Å²) >= 11 is 0. The fourth-order valence-corrected chi connectivity index (χ4v) is 2.09. The van der Waals surface area contributed by atoms with Crippen LogP contribution in [-0.4, -0.2) is 29.1 Å². The molecule has 0 bridgehead atoms. The summed E-state index contributed by atoms with van der Waals surface area (Å²) < 4.78 is 23.7. The molecule has 1 aromatic carbocycles. The third-order valence-corrected chi connectivity index (χ3v) is 3.14. The molecule has 1 unspecified atom stereocenters. The lowest BCUT2D eigenvalue weighted by Crippen LogP contribution is -2.34. The number of amides is 1. The highest BCUT2D eigenvalue weighted by Crippen LogP contribution is 2.23. The zero-order valence-corrected chi connectivity index (χ0v) is 12.7. The van der Waals surface area contributed by atoms with Gasteiger partial charge in [0.2, 0.25) is 5.76 Å². The number of aliphatic carboxylic acids is 1. The smallest absolute Gasteiger partial charge is 0.330 e. The molecule has 0 aliphatic carbocycles. The number of rotatable bonds is 5. The topological polar surface area (TPSA) is 102 Å². The molecule has 1 atom stereocenters. The molecular formula is C15H15FN2O5. The summed E-state index contributed by atoms with van der Waals surface area (Å²) in [4.78, 5) is 27.5. The van der Waals surface area contributed by atoms with E-state index in [1.807, 2.05) is 0 Å². The molecule has 2 aromatic rings. The van der Waals surface area contributed by atoms with Crippen molar-refractivity contribution in [3.63, 3.8) is 0 Å². The number of methoxy groups -OCH3 is 1. The average molecular weight is 322 g/mol. The second-order valence-electron chi connectivity index (χ2n) is 4.79. The van der Waals surface area contributed by atoms with Crippen molar-refractivity contribution in [2.45, 2.75) is 19.9 Å². The first kappa shape index (κ1) is 16.5. The van der Waals surface area contributed by atoms with Crippen molar-refractivity contribution in [2.24, 2.45) is 0 Å². The highest BCUT2D eigenvalue weighted by molar-refractivity contribution is 5.95. The quantitative estimate of drug-likeness (QED) is 0.873. The number of hydrogen-bond acceptors (Lipinski definition) is 5. The van der Waals surface area contributed by atoms with Gasteiger partial charge in [-0.05, 0) is 24.6 Å². The van der Waals surface area contributed by atoms with E-state index >= 15 is 0 Å². The summed E-state index contributed by atoms with van der Waals surface area (Å²) in [5.41, 5.74) is 0.406. The summed E-state index contributed by atoms with van der Waals surface area (Å²) in [6.07, 6.45) is 0. The first-order valence-electron chi connectivity index (χ1n) is 6.64. The molecule has 2 rings (SSSR count). The number of nitrogens with one attached hydrogen (secondary N) is 1. The summed E-state index contributed by atoms with van der Waals surface area (Å²) in [5.74, 6) is -2.62. The zero-order chi connectivity index (χ0) is 17.1. The molecular weight excluding hydrogens is 307 g/mol. The van der Waals surface area contributed by atoms with Crippen molar-refractivity contribution in [1.82, 2.24) is 10.3 Å². The fourth-order valence-electron chi connectivity index (χ4n) is 2.09. The van der Waals surface area contributed by atoms with Crippen LogP contribution in [-0.2, 0) is 4.79 Å². The number of carbonyl (C=O) groups is 2. The number of oxazole rings is 1. The van der Waals surface area contributed by atoms with E-state index in [4.69, 9.17) is 9.15 Å². The molecule has 1 heterocycles. The van der Waals surface area contributed by atoms with E-state index in [1.54, 1.807) is 13.8 Å². The monoisotopic (exact) mass is 322 g/mol. The second kappa shape index (κ2) is 6.47. The molecule has 0 saturated heterocycles. The van der Waals surface area contributed by atoms with Crippen LogP contribution in [0, 0.1) is 19.7 Å². The second-order valence-corrected chi connectivity index (χ2v) is 4.79. The van der Waals surface area contributed by atoms with Crippen molar-refractivity contribution in [3.05, 3.63) is 46.9 Å². The van der Waals surface area contributed by atoms with Crippen molar-refractivity contribution in [1.29, 1.82) is 0 Å². The summed E-state index contributed by atoms with van der Waals surface area (Å²) in [6.45, 7) is 3.13. The molecule has 7 nitrogen and oxygen atoms in total. The maximum atomic E-state index is 13.7. The third kappa shape index (κ3) is 3.47. The van der Waals surface area contributed by atoms with Gasteiger partial charge in [-0.15, -0.1) is 0 Å². The number of halogens is 1. The predicted octanol–water partition coefficient (Wildman–Crippen LogP) is 1.99. The van der Waals surface area contributed by atoms with Gasteiger partial charge in [-0.1, -0.05) is 6.07 Å². The van der Waals surface area contributed by atoms with Crippen LogP contribution in [0.25, 0.3) is 0 Å². The van der Waals surface area contributed by atoms with Gasteiger partial charge in [-0.3, -0.25) is 4.79 Å². The van der Waals surface area contributed by atoms with Gasteiger partial charge in [0.1, 0.15) is 0 Å². The Morgan fingerprint density at radius 3 is 2.57 bits per heavy atom. The van der Waals surface area contributed by atoms with Gasteiger partial charge in [-0.25, -0.2) is 14.2 Å². The molecule has 23 heavy (non-hydrogen) atoms. The number of ether oxygens (including phenoxy) is 1. The van der Waals surface area contributed by atoms with Gasteiger partial charge < -0.3 is 19.6 Å². The summed E-state index contributed by atoms with van der Waals surface area (Å²) in [5, 5.41) is 11.6. The van der Waals surface area contributed by atoms with Crippen LogP contribution in [0.15, 0.2) is 22.6 Å². The Bertz CT molecular complexity index is 756. The van der Waals surface area contributed by atoms with E-state index in [0.717, 1.165) is 6.07 Å². The van der Waals surface area contributed by atoms with Crippen LogP contribution in [0.1, 0.15) is 33.7 Å². The highest BCUT2D eigenvalue weighted by Gasteiger charge is 2.26. The van der Waals surface area contributed by atoms with Gasteiger partial charge in [0, 0.05) is 6.92 Å². The molecule has 1 aromatic heterocycles. The molecule has 8 heteroatoms. The number of hydrogen-bond donors (Lipinski definition) is 2. The van der Waals surface area contributed by atoms with Crippen molar-refractivity contribution < 1.29 is 28.2 Å². The standard InChI is InChI=1S/C15H15FN2O5/c1-7-13(23-8(2)17-7)14(19)18-12(15(20)21)9-4-5-11(22-3)10(16)6-9/h4-6,12H,1-3H3,(H,18,19)(H,20,21). The third-order valence-electron chi connectivity index (χ3n) is 3.14. The van der Waals surface area contributed by atoms with E-state index in [2.05, 4.69) is 10.3 Å².